The van der Waals surface area contributed by atoms with E-state index in [0.717, 1.165) is 6.42 Å². The Morgan fingerprint density at radius 1 is 1.45 bits per heavy atom. The second-order valence-corrected chi connectivity index (χ2v) is 2.41. The van der Waals surface area contributed by atoms with Crippen LogP contribution in [0.2, 0.25) is 0 Å². The third kappa shape index (κ3) is 3.07. The zero-order valence-corrected chi connectivity index (χ0v) is 7.05. The van der Waals surface area contributed by atoms with Crippen molar-refractivity contribution in [3.8, 4) is 0 Å². The van der Waals surface area contributed by atoms with Gasteiger partial charge >= 0.3 is 5.97 Å². The van der Waals surface area contributed by atoms with Crippen LogP contribution in [-0.2, 0) is 4.79 Å². The number of carboxylic acid groups (broad SMARTS) is 1. The fourth-order valence-electron chi connectivity index (χ4n) is 0.936. The number of carbonyl (C=O) groups is 1. The van der Waals surface area contributed by atoms with Crippen molar-refractivity contribution in [3.63, 3.8) is 0 Å². The standard InChI is InChI=1S/C8H15NO2/c1-3-5-7(9)6(4-2)8(10)11/h3-5,9H2,1-2H3,(H,10,11). The van der Waals surface area contributed by atoms with Crippen LogP contribution in [-0.4, -0.2) is 11.1 Å². The molecule has 0 saturated carbocycles. The van der Waals surface area contributed by atoms with Gasteiger partial charge in [0.05, 0.1) is 5.57 Å². The lowest BCUT2D eigenvalue weighted by molar-refractivity contribution is -0.132. The maximum absolute atomic E-state index is 10.5. The molecule has 0 radical (unpaired) electrons. The van der Waals surface area contributed by atoms with Crippen molar-refractivity contribution in [2.24, 2.45) is 5.73 Å². The van der Waals surface area contributed by atoms with Crippen LogP contribution in [0.25, 0.3) is 0 Å². The summed E-state index contributed by atoms with van der Waals surface area (Å²) in [5.41, 5.74) is 6.41. The van der Waals surface area contributed by atoms with Gasteiger partial charge in [-0.25, -0.2) is 4.79 Å². The first-order chi connectivity index (χ1) is 5.13. The second-order valence-electron chi connectivity index (χ2n) is 2.41. The summed E-state index contributed by atoms with van der Waals surface area (Å²) in [6.45, 7) is 3.77. The lowest BCUT2D eigenvalue weighted by Gasteiger charge is -2.03. The van der Waals surface area contributed by atoms with Crippen molar-refractivity contribution in [2.75, 3.05) is 0 Å². The molecule has 0 heterocycles. The minimum absolute atomic E-state index is 0.354. The van der Waals surface area contributed by atoms with Gasteiger partial charge in [0, 0.05) is 5.70 Å². The van der Waals surface area contributed by atoms with E-state index >= 15 is 0 Å². The molecule has 3 nitrogen and oxygen atoms in total. The molecule has 3 N–H and O–H groups in total. The number of rotatable bonds is 4. The Balaban J connectivity index is 4.40. The molecule has 64 valence electrons. The quantitative estimate of drug-likeness (QED) is 0.608. The fraction of sp³-hybridized carbons (Fsp3) is 0.625. The first-order valence-electron chi connectivity index (χ1n) is 3.84. The summed E-state index contributed by atoms with van der Waals surface area (Å²) in [5, 5.41) is 8.63. The fourth-order valence-corrected chi connectivity index (χ4v) is 0.936. The van der Waals surface area contributed by atoms with E-state index in [1.54, 1.807) is 6.92 Å². The Hall–Kier alpha value is -0.990. The molecule has 11 heavy (non-hydrogen) atoms. The molecule has 0 aromatic rings. The largest absolute Gasteiger partial charge is 0.478 e. The van der Waals surface area contributed by atoms with E-state index in [1.807, 2.05) is 6.92 Å². The van der Waals surface area contributed by atoms with Gasteiger partial charge in [0.25, 0.3) is 0 Å². The average molecular weight is 157 g/mol. The maximum Gasteiger partial charge on any atom is 0.333 e. The minimum atomic E-state index is -0.890. The summed E-state index contributed by atoms with van der Waals surface area (Å²) in [7, 11) is 0. The zero-order valence-electron chi connectivity index (χ0n) is 7.05. The van der Waals surface area contributed by atoms with Crippen molar-refractivity contribution >= 4 is 5.97 Å². The highest BCUT2D eigenvalue weighted by atomic mass is 16.4. The molecule has 0 aromatic carbocycles. The molecular formula is C8H15NO2. The molecule has 0 atom stereocenters. The Bertz CT molecular complexity index is 173. The van der Waals surface area contributed by atoms with E-state index in [0.29, 0.717) is 24.1 Å². The molecule has 0 saturated heterocycles. The van der Waals surface area contributed by atoms with Gasteiger partial charge in [-0.3, -0.25) is 0 Å². The van der Waals surface area contributed by atoms with Gasteiger partial charge in [-0.05, 0) is 12.8 Å². The lowest BCUT2D eigenvalue weighted by atomic mass is 10.1. The van der Waals surface area contributed by atoms with Crippen LogP contribution >= 0.6 is 0 Å². The van der Waals surface area contributed by atoms with Gasteiger partial charge in [-0.1, -0.05) is 20.3 Å². The van der Waals surface area contributed by atoms with E-state index in [4.69, 9.17) is 10.8 Å². The van der Waals surface area contributed by atoms with Crippen LogP contribution in [0.4, 0.5) is 0 Å². The van der Waals surface area contributed by atoms with E-state index in [2.05, 4.69) is 0 Å². The molecule has 0 aromatic heterocycles. The molecule has 0 aliphatic rings. The molecule has 3 heteroatoms. The summed E-state index contributed by atoms with van der Waals surface area (Å²) in [6, 6.07) is 0. The first-order valence-corrected chi connectivity index (χ1v) is 3.84. The third-order valence-electron chi connectivity index (χ3n) is 1.52. The molecule has 0 spiro atoms. The molecular weight excluding hydrogens is 142 g/mol. The van der Waals surface area contributed by atoms with Gasteiger partial charge in [-0.2, -0.15) is 0 Å². The van der Waals surface area contributed by atoms with Gasteiger partial charge in [0.2, 0.25) is 0 Å². The lowest BCUT2D eigenvalue weighted by Crippen LogP contribution is -2.09. The predicted molar refractivity (Wildman–Crippen MR) is 44.0 cm³/mol. The highest BCUT2D eigenvalue weighted by Crippen LogP contribution is 2.08. The van der Waals surface area contributed by atoms with Crippen molar-refractivity contribution < 1.29 is 9.90 Å². The summed E-state index contributed by atoms with van der Waals surface area (Å²) in [5.74, 6) is -0.890. The highest BCUT2D eigenvalue weighted by molar-refractivity contribution is 5.87. The molecule has 0 amide bonds. The van der Waals surface area contributed by atoms with E-state index in [-0.39, 0.29) is 0 Å². The van der Waals surface area contributed by atoms with Crippen LogP contribution in [0.1, 0.15) is 33.1 Å². The predicted octanol–water partition coefficient (Wildman–Crippen LogP) is 1.49. The average Bonchev–Trinajstić information content (AvgIpc) is 1.88. The summed E-state index contributed by atoms with van der Waals surface area (Å²) in [4.78, 5) is 10.5. The van der Waals surface area contributed by atoms with Crippen LogP contribution in [0.15, 0.2) is 11.3 Å². The van der Waals surface area contributed by atoms with Crippen LogP contribution in [0.3, 0.4) is 0 Å². The maximum atomic E-state index is 10.5. The molecule has 0 unspecified atom stereocenters. The van der Waals surface area contributed by atoms with Gasteiger partial charge in [0.1, 0.15) is 0 Å². The summed E-state index contributed by atoms with van der Waals surface area (Å²) >= 11 is 0. The zero-order chi connectivity index (χ0) is 8.85. The Morgan fingerprint density at radius 3 is 2.27 bits per heavy atom. The number of carboxylic acids is 1. The Labute approximate surface area is 66.9 Å². The molecule has 0 bridgehead atoms. The number of aliphatic carboxylic acids is 1. The van der Waals surface area contributed by atoms with Crippen molar-refractivity contribution in [1.29, 1.82) is 0 Å². The number of allylic oxidation sites excluding steroid dienone is 1. The number of nitrogens with two attached hydrogens (primary N) is 1. The van der Waals surface area contributed by atoms with Crippen LogP contribution in [0.5, 0.6) is 0 Å². The molecule has 0 aliphatic carbocycles. The van der Waals surface area contributed by atoms with Crippen molar-refractivity contribution in [2.45, 2.75) is 33.1 Å². The first kappa shape index (κ1) is 10.0. The number of hydrogen-bond acceptors (Lipinski definition) is 2. The third-order valence-corrected chi connectivity index (χ3v) is 1.52. The Morgan fingerprint density at radius 2 is 2.00 bits per heavy atom. The summed E-state index contributed by atoms with van der Waals surface area (Å²) in [6.07, 6.45) is 2.07. The van der Waals surface area contributed by atoms with E-state index in [9.17, 15) is 4.79 Å². The topological polar surface area (TPSA) is 63.3 Å². The molecule has 0 fully saturated rings. The van der Waals surface area contributed by atoms with Gasteiger partial charge < -0.3 is 10.8 Å². The van der Waals surface area contributed by atoms with Gasteiger partial charge in [-0.15, -0.1) is 0 Å². The molecule has 0 rings (SSSR count). The SMILES string of the molecule is CCCC(N)=C(CC)C(=O)O. The monoisotopic (exact) mass is 157 g/mol. The summed E-state index contributed by atoms with van der Waals surface area (Å²) < 4.78 is 0. The Kier molecular flexibility index (Phi) is 4.34. The van der Waals surface area contributed by atoms with Crippen LogP contribution in [0, 0.1) is 0 Å². The minimum Gasteiger partial charge on any atom is -0.478 e. The second kappa shape index (κ2) is 4.77. The number of hydrogen-bond donors (Lipinski definition) is 2. The smallest absolute Gasteiger partial charge is 0.333 e. The van der Waals surface area contributed by atoms with Crippen molar-refractivity contribution in [3.05, 3.63) is 11.3 Å². The van der Waals surface area contributed by atoms with Crippen LogP contribution < -0.4 is 5.73 Å². The highest BCUT2D eigenvalue weighted by Gasteiger charge is 2.08. The van der Waals surface area contributed by atoms with E-state index < -0.39 is 5.97 Å². The molecule has 0 aliphatic heterocycles. The van der Waals surface area contributed by atoms with Gasteiger partial charge in [0.15, 0.2) is 0 Å². The van der Waals surface area contributed by atoms with Crippen molar-refractivity contribution in [1.82, 2.24) is 0 Å². The van der Waals surface area contributed by atoms with E-state index in [1.165, 1.54) is 0 Å². The normalized spacial score (nSPS) is 12.5.